The number of primary amides is 1. The number of hydrogen-bond donors (Lipinski definition) is 7. The van der Waals surface area contributed by atoms with Crippen LogP contribution in [0.2, 0.25) is 0 Å². The number of fused-ring (bicyclic) bond motifs is 2. The molecule has 1 aromatic carbocycles. The van der Waals surface area contributed by atoms with Crippen molar-refractivity contribution in [2.24, 2.45) is 16.6 Å². The topological polar surface area (TPSA) is 270 Å². The predicted molar refractivity (Wildman–Crippen MR) is 200 cm³/mol. The zero-order valence-corrected chi connectivity index (χ0v) is 30.8. The highest BCUT2D eigenvalue weighted by molar-refractivity contribution is 8.00. The number of carbonyl (C=O) groups excluding carboxylic acids is 3. The van der Waals surface area contributed by atoms with Crippen molar-refractivity contribution in [1.29, 1.82) is 5.41 Å². The number of pyridine rings is 1. The number of guanidine groups is 1. The van der Waals surface area contributed by atoms with Gasteiger partial charge >= 0.3 is 5.97 Å². The molecule has 0 aliphatic carbocycles. The van der Waals surface area contributed by atoms with Crippen LogP contribution >= 0.6 is 23.1 Å². The molecule has 3 amide bonds. The molecule has 1 fully saturated rings. The highest BCUT2D eigenvalue weighted by Gasteiger charge is 2.54. The van der Waals surface area contributed by atoms with Crippen LogP contribution in [0.5, 0.6) is 5.75 Å². The third-order valence-corrected chi connectivity index (χ3v) is 10.5. The molecular formula is C34H38N11O7S2+. The van der Waals surface area contributed by atoms with Crippen molar-refractivity contribution in [3.05, 3.63) is 82.9 Å². The van der Waals surface area contributed by atoms with E-state index in [-0.39, 0.29) is 28.2 Å². The first kappa shape index (κ1) is 37.6. The highest BCUT2D eigenvalue weighted by Crippen LogP contribution is 2.40. The predicted octanol–water partition coefficient (Wildman–Crippen LogP) is 0.301. The maximum atomic E-state index is 13.5. The van der Waals surface area contributed by atoms with E-state index in [0.717, 1.165) is 27.8 Å². The molecule has 5 heterocycles. The van der Waals surface area contributed by atoms with E-state index in [1.54, 1.807) is 0 Å². The Bertz CT molecular complexity index is 2200. The van der Waals surface area contributed by atoms with E-state index in [1.165, 1.54) is 35.9 Å². The molecule has 54 heavy (non-hydrogen) atoms. The molecule has 0 unspecified atom stereocenters. The number of oxime groups is 1. The second-order valence-corrected chi connectivity index (χ2v) is 14.8. The molecule has 20 heteroatoms. The van der Waals surface area contributed by atoms with Gasteiger partial charge in [-0.15, -0.1) is 23.1 Å². The summed E-state index contributed by atoms with van der Waals surface area (Å²) in [6, 6.07) is 10.7. The first-order valence-corrected chi connectivity index (χ1v) is 18.4. The summed E-state index contributed by atoms with van der Waals surface area (Å²) in [5.41, 5.74) is 17.6. The summed E-state index contributed by atoms with van der Waals surface area (Å²) in [4.78, 5) is 61.8. The van der Waals surface area contributed by atoms with Crippen molar-refractivity contribution >= 4 is 74.5 Å². The van der Waals surface area contributed by atoms with Crippen LogP contribution in [0.15, 0.2) is 76.8 Å². The lowest BCUT2D eigenvalue weighted by molar-refractivity contribution is -0.687. The smallest absolute Gasteiger partial charge is 0.350 e. The average Bonchev–Trinajstić information content (AvgIpc) is 3.74. The molecule has 10 N–H and O–H groups in total. The summed E-state index contributed by atoms with van der Waals surface area (Å²) in [5, 5.41) is 27.7. The van der Waals surface area contributed by atoms with Gasteiger partial charge in [0, 0.05) is 35.5 Å². The fourth-order valence-corrected chi connectivity index (χ4v) is 7.63. The molecule has 6 rings (SSSR count). The molecule has 282 valence electrons. The molecule has 2 aliphatic rings. The Labute approximate surface area is 316 Å². The van der Waals surface area contributed by atoms with Crippen molar-refractivity contribution in [2.75, 3.05) is 24.6 Å². The number of nitrogens with zero attached hydrogens (tertiary/aromatic N) is 5. The Morgan fingerprint density at radius 1 is 1.19 bits per heavy atom. The first-order chi connectivity index (χ1) is 25.7. The fourth-order valence-electron chi connectivity index (χ4n) is 5.74. The van der Waals surface area contributed by atoms with E-state index < -0.39 is 40.7 Å². The molecule has 2 atom stereocenters. The summed E-state index contributed by atoms with van der Waals surface area (Å²) in [5.74, 6) is -2.50. The van der Waals surface area contributed by atoms with E-state index in [0.29, 0.717) is 43.3 Å². The molecular weight excluding hydrogens is 739 g/mol. The van der Waals surface area contributed by atoms with E-state index in [9.17, 15) is 24.3 Å². The van der Waals surface area contributed by atoms with E-state index in [2.05, 4.69) is 25.3 Å². The number of nitrogens with one attached hydrogen (secondary N) is 3. The SMILES string of the molecule is CC(C)(O/N=C(\C(=O)N[C@@H]1C(=O)N2C(C(N)=O)=C(C[n+]3ccc4c(ccn4Cc4ccc(OCCNC(=N)N)cc4)c3)CS[C@H]12)c1csc(N)n1)C(=O)O. The van der Waals surface area contributed by atoms with Gasteiger partial charge in [0.05, 0.1) is 17.4 Å². The number of nitrogen functional groups attached to an aromatic ring is 1. The second-order valence-electron chi connectivity index (χ2n) is 12.8. The Morgan fingerprint density at radius 2 is 1.94 bits per heavy atom. The minimum atomic E-state index is -1.76. The lowest BCUT2D eigenvalue weighted by Crippen LogP contribution is -2.71. The van der Waals surface area contributed by atoms with Gasteiger partial charge in [0.15, 0.2) is 35.7 Å². The number of carbonyl (C=O) groups is 4. The monoisotopic (exact) mass is 776 g/mol. The number of β-lactam (4-membered cyclic amide) rings is 1. The molecule has 0 radical (unpaired) electrons. The molecule has 0 bridgehead atoms. The number of hydrogen-bond acceptors (Lipinski definition) is 12. The van der Waals surface area contributed by atoms with Crippen LogP contribution < -0.4 is 37.1 Å². The number of aromatic nitrogens is 3. The molecule has 1 saturated heterocycles. The minimum absolute atomic E-state index is 0.0389. The molecule has 2 aliphatic heterocycles. The molecule has 0 saturated carbocycles. The van der Waals surface area contributed by atoms with Gasteiger partial charge in [-0.2, -0.15) is 0 Å². The number of amides is 3. The standard InChI is InChI=1S/C34H37N11O7S2/c1-34(2,31(49)50)52-42-24(22-17-54-33(38)40-22)28(47)41-25-29(48)45-26(27(35)46)20(16-53-30(25)45)15-43-10-8-23-19(14-43)7-11-44(23)13-18-3-5-21(6-4-18)51-12-9-39-32(36)37/h3-8,10-11,14,17,25,30H,9,12-13,15-16H2,1-2H3,(H9-,35,36,37,38,39,40,41,46,47,49,50)/p+1/b42-24-/t25-,30-/m1/s1. The van der Waals surface area contributed by atoms with Crippen LogP contribution in [0.1, 0.15) is 25.1 Å². The summed E-state index contributed by atoms with van der Waals surface area (Å²) < 4.78 is 9.72. The molecule has 3 aromatic heterocycles. The van der Waals surface area contributed by atoms with Gasteiger partial charge in [-0.25, -0.2) is 14.3 Å². The third-order valence-electron chi connectivity index (χ3n) is 8.53. The van der Waals surface area contributed by atoms with Gasteiger partial charge < -0.3 is 47.1 Å². The number of benzene rings is 1. The number of anilines is 1. The second kappa shape index (κ2) is 15.4. The van der Waals surface area contributed by atoms with E-state index in [4.69, 9.17) is 32.2 Å². The van der Waals surface area contributed by atoms with Gasteiger partial charge in [0.1, 0.15) is 35.2 Å². The van der Waals surface area contributed by atoms with Crippen LogP contribution in [-0.2, 0) is 37.1 Å². The number of aliphatic carboxylic acids is 1. The van der Waals surface area contributed by atoms with Gasteiger partial charge in [-0.3, -0.25) is 24.7 Å². The largest absolute Gasteiger partial charge is 0.492 e. The number of rotatable bonds is 15. The van der Waals surface area contributed by atoms with Gasteiger partial charge in [0.25, 0.3) is 17.7 Å². The lowest BCUT2D eigenvalue weighted by atomic mass is 10.0. The van der Waals surface area contributed by atoms with Gasteiger partial charge in [0.2, 0.25) is 5.60 Å². The van der Waals surface area contributed by atoms with Crippen molar-refractivity contribution < 1.29 is 38.4 Å². The van der Waals surface area contributed by atoms with Gasteiger partial charge in [-0.05, 0) is 37.6 Å². The van der Waals surface area contributed by atoms with E-state index >= 15 is 0 Å². The maximum Gasteiger partial charge on any atom is 0.350 e. The summed E-state index contributed by atoms with van der Waals surface area (Å²) in [7, 11) is 0. The average molecular weight is 777 g/mol. The summed E-state index contributed by atoms with van der Waals surface area (Å²) >= 11 is 2.40. The maximum absolute atomic E-state index is 13.5. The lowest BCUT2D eigenvalue weighted by Gasteiger charge is -2.49. The number of nitrogens with two attached hydrogens (primary N) is 3. The first-order valence-electron chi connectivity index (χ1n) is 16.5. The minimum Gasteiger partial charge on any atom is -0.492 e. The van der Waals surface area contributed by atoms with Crippen molar-refractivity contribution in [3.8, 4) is 5.75 Å². The van der Waals surface area contributed by atoms with E-state index in [1.807, 2.05) is 59.6 Å². The normalized spacial score (nSPS) is 17.1. The highest BCUT2D eigenvalue weighted by atomic mass is 32.2. The Kier molecular flexibility index (Phi) is 10.8. The van der Waals surface area contributed by atoms with Crippen LogP contribution in [0.3, 0.4) is 0 Å². The number of carboxylic acid groups (broad SMARTS) is 1. The fraction of sp³-hybridized carbons (Fsp3) is 0.294. The van der Waals surface area contributed by atoms with Crippen LogP contribution in [0.25, 0.3) is 10.9 Å². The van der Waals surface area contributed by atoms with Gasteiger partial charge in [-0.1, -0.05) is 17.3 Å². The molecule has 0 spiro atoms. The Morgan fingerprint density at radius 3 is 2.61 bits per heavy atom. The van der Waals surface area contributed by atoms with Crippen molar-refractivity contribution in [2.45, 2.75) is 44.0 Å². The number of thiazole rings is 1. The number of carboxylic acids is 1. The van der Waals surface area contributed by atoms with Crippen LogP contribution in [0.4, 0.5) is 5.13 Å². The van der Waals surface area contributed by atoms with Crippen LogP contribution in [-0.4, -0.2) is 90.8 Å². The Hall–Kier alpha value is -6.15. The Balaban J connectivity index is 1.13. The molecule has 4 aromatic rings. The van der Waals surface area contributed by atoms with Crippen molar-refractivity contribution in [3.63, 3.8) is 0 Å². The zero-order valence-electron chi connectivity index (χ0n) is 29.1. The zero-order chi connectivity index (χ0) is 38.7. The summed E-state index contributed by atoms with van der Waals surface area (Å²) in [6.07, 6.45) is 5.85. The van der Waals surface area contributed by atoms with Crippen molar-refractivity contribution in [1.82, 2.24) is 25.1 Å². The number of ether oxygens (including phenoxy) is 1. The third kappa shape index (κ3) is 8.08. The molecule has 18 nitrogen and oxygen atoms in total. The quantitative estimate of drug-likeness (QED) is 0.0215. The number of thioether (sulfide) groups is 1. The van der Waals surface area contributed by atoms with Crippen LogP contribution in [0, 0.1) is 5.41 Å². The summed E-state index contributed by atoms with van der Waals surface area (Å²) in [6.45, 7) is 4.25.